The number of nitrogens with one attached hydrogen (secondary N) is 1. The fourth-order valence-electron chi connectivity index (χ4n) is 3.29. The molecular formula is C15H23Cl2N3O3. The molecule has 1 aromatic carbocycles. The second kappa shape index (κ2) is 8.15. The van der Waals surface area contributed by atoms with Crippen molar-refractivity contribution < 1.29 is 10.0 Å². The normalized spacial score (nSPS) is 19.3. The first-order valence-electron chi connectivity index (χ1n) is 7.51. The number of phenols is 1. The monoisotopic (exact) mass is 363 g/mol. The van der Waals surface area contributed by atoms with Crippen molar-refractivity contribution in [2.45, 2.75) is 25.8 Å². The lowest BCUT2D eigenvalue weighted by Crippen LogP contribution is -2.45. The number of nitrogens with zero attached hydrogens (tertiary/aromatic N) is 2. The van der Waals surface area contributed by atoms with E-state index in [-0.39, 0.29) is 42.3 Å². The number of aryl methyl sites for hydroxylation is 1. The van der Waals surface area contributed by atoms with Crippen LogP contribution in [0.2, 0.25) is 0 Å². The number of phenolic OH excluding ortho intramolecular Hbond substituents is 1. The maximum Gasteiger partial charge on any atom is 0.313 e. The molecule has 0 radical (unpaired) electrons. The number of halogens is 2. The van der Waals surface area contributed by atoms with Gasteiger partial charge in [0.2, 0.25) is 0 Å². The van der Waals surface area contributed by atoms with E-state index >= 15 is 0 Å². The Bertz CT molecular complexity index is 561. The Morgan fingerprint density at radius 2 is 1.91 bits per heavy atom. The van der Waals surface area contributed by atoms with Gasteiger partial charge < -0.3 is 10.4 Å². The van der Waals surface area contributed by atoms with Crippen LogP contribution >= 0.6 is 24.8 Å². The van der Waals surface area contributed by atoms with Gasteiger partial charge >= 0.3 is 5.69 Å². The smallest absolute Gasteiger partial charge is 0.313 e. The Morgan fingerprint density at radius 3 is 2.43 bits per heavy atom. The third-order valence-corrected chi connectivity index (χ3v) is 4.50. The van der Waals surface area contributed by atoms with E-state index in [0.717, 1.165) is 44.6 Å². The highest BCUT2D eigenvalue weighted by atomic mass is 35.5. The molecule has 1 saturated carbocycles. The molecule has 2 fully saturated rings. The molecule has 6 nitrogen and oxygen atoms in total. The first-order chi connectivity index (χ1) is 10.1. The standard InChI is InChI=1S/C15H21N3O3.2ClH/c1-10-2-5-12(15(19)13(10)18(20)21)14(11-3-4-11)17-8-6-16-7-9-17;;/h2,5,11,14,16,19H,3-4,6-9H2,1H3;2*1H/t14-;;/m1../s1. The SMILES string of the molecule is Cc1ccc([C@@H](C2CC2)N2CCNCC2)c(O)c1[N+](=O)[O-].Cl.Cl. The molecule has 0 unspecified atom stereocenters. The van der Waals surface area contributed by atoms with E-state index in [2.05, 4.69) is 10.2 Å². The van der Waals surface area contributed by atoms with Crippen molar-refractivity contribution in [3.8, 4) is 5.75 Å². The summed E-state index contributed by atoms with van der Waals surface area (Å²) in [6.07, 6.45) is 2.27. The zero-order valence-corrected chi connectivity index (χ0v) is 14.7. The fraction of sp³-hybridized carbons (Fsp3) is 0.600. The van der Waals surface area contributed by atoms with E-state index in [1.807, 2.05) is 6.07 Å². The molecule has 0 spiro atoms. The van der Waals surface area contributed by atoms with Gasteiger partial charge in [-0.05, 0) is 25.7 Å². The summed E-state index contributed by atoms with van der Waals surface area (Å²) in [7, 11) is 0. The molecule has 23 heavy (non-hydrogen) atoms. The third kappa shape index (κ3) is 4.07. The Kier molecular flexibility index (Phi) is 7.07. The predicted octanol–water partition coefficient (Wildman–Crippen LogP) is 2.81. The molecule has 0 amide bonds. The van der Waals surface area contributed by atoms with E-state index < -0.39 is 4.92 Å². The molecule has 130 valence electrons. The summed E-state index contributed by atoms with van der Waals surface area (Å²) in [4.78, 5) is 13.1. The van der Waals surface area contributed by atoms with Crippen LogP contribution in [0, 0.1) is 23.0 Å². The van der Waals surface area contributed by atoms with Crippen LogP contribution in [-0.4, -0.2) is 41.1 Å². The second-order valence-electron chi connectivity index (χ2n) is 5.99. The number of hydrogen-bond donors (Lipinski definition) is 2. The van der Waals surface area contributed by atoms with E-state index in [1.54, 1.807) is 13.0 Å². The van der Waals surface area contributed by atoms with Gasteiger partial charge in [-0.25, -0.2) is 0 Å². The summed E-state index contributed by atoms with van der Waals surface area (Å²) in [5.41, 5.74) is 1.08. The van der Waals surface area contributed by atoms with E-state index in [9.17, 15) is 15.2 Å². The van der Waals surface area contributed by atoms with Gasteiger partial charge in [-0.1, -0.05) is 12.1 Å². The molecule has 1 heterocycles. The zero-order valence-electron chi connectivity index (χ0n) is 13.0. The summed E-state index contributed by atoms with van der Waals surface area (Å²) >= 11 is 0. The van der Waals surface area contributed by atoms with Crippen LogP contribution in [0.4, 0.5) is 5.69 Å². The van der Waals surface area contributed by atoms with Crippen molar-refractivity contribution in [3.05, 3.63) is 33.4 Å². The summed E-state index contributed by atoms with van der Waals surface area (Å²) in [6.45, 7) is 5.36. The zero-order chi connectivity index (χ0) is 15.0. The maximum absolute atomic E-state index is 11.2. The number of piperazine rings is 1. The highest BCUT2D eigenvalue weighted by Crippen LogP contribution is 2.49. The van der Waals surface area contributed by atoms with Crippen molar-refractivity contribution in [2.24, 2.45) is 5.92 Å². The van der Waals surface area contributed by atoms with E-state index in [4.69, 9.17) is 0 Å². The molecule has 1 aromatic rings. The Labute approximate surface area is 148 Å². The van der Waals surface area contributed by atoms with Gasteiger partial charge in [0, 0.05) is 43.3 Å². The number of nitro benzene ring substituents is 1. The largest absolute Gasteiger partial charge is 0.502 e. The summed E-state index contributed by atoms with van der Waals surface area (Å²) in [5.74, 6) is 0.367. The first-order valence-corrected chi connectivity index (χ1v) is 7.51. The first kappa shape index (κ1) is 20.0. The van der Waals surface area contributed by atoms with Crippen LogP contribution in [0.15, 0.2) is 12.1 Å². The van der Waals surface area contributed by atoms with Crippen molar-refractivity contribution in [1.29, 1.82) is 0 Å². The topological polar surface area (TPSA) is 78.6 Å². The van der Waals surface area contributed by atoms with Crippen LogP contribution in [-0.2, 0) is 0 Å². The fourth-order valence-corrected chi connectivity index (χ4v) is 3.29. The van der Waals surface area contributed by atoms with Crippen molar-refractivity contribution in [2.75, 3.05) is 26.2 Å². The van der Waals surface area contributed by atoms with Gasteiger partial charge in [-0.2, -0.15) is 0 Å². The quantitative estimate of drug-likeness (QED) is 0.635. The van der Waals surface area contributed by atoms with Gasteiger partial charge in [-0.3, -0.25) is 15.0 Å². The Morgan fingerprint density at radius 1 is 1.30 bits per heavy atom. The molecular weight excluding hydrogens is 341 g/mol. The lowest BCUT2D eigenvalue weighted by atomic mass is 9.96. The molecule has 2 N–H and O–H groups in total. The van der Waals surface area contributed by atoms with Gasteiger partial charge in [0.25, 0.3) is 0 Å². The van der Waals surface area contributed by atoms with Crippen LogP contribution in [0.5, 0.6) is 5.75 Å². The van der Waals surface area contributed by atoms with Gasteiger partial charge in [0.15, 0.2) is 5.75 Å². The molecule has 0 bridgehead atoms. The van der Waals surface area contributed by atoms with Crippen LogP contribution in [0.3, 0.4) is 0 Å². The predicted molar refractivity (Wildman–Crippen MR) is 93.9 cm³/mol. The van der Waals surface area contributed by atoms with Crippen LogP contribution in [0.1, 0.15) is 30.0 Å². The molecule has 3 rings (SSSR count). The number of benzene rings is 1. The average molecular weight is 364 g/mol. The number of rotatable bonds is 4. The van der Waals surface area contributed by atoms with Crippen LogP contribution < -0.4 is 5.32 Å². The highest BCUT2D eigenvalue weighted by molar-refractivity contribution is 5.85. The Balaban J connectivity index is 0.00000132. The molecule has 8 heteroatoms. The van der Waals surface area contributed by atoms with Crippen molar-refractivity contribution in [1.82, 2.24) is 10.2 Å². The average Bonchev–Trinajstić information content (AvgIpc) is 3.27. The maximum atomic E-state index is 11.2. The van der Waals surface area contributed by atoms with Crippen molar-refractivity contribution >= 4 is 30.5 Å². The lowest BCUT2D eigenvalue weighted by Gasteiger charge is -2.35. The van der Waals surface area contributed by atoms with Gasteiger partial charge in [-0.15, -0.1) is 24.8 Å². The Hall–Kier alpha value is -1.08. The number of hydrogen-bond acceptors (Lipinski definition) is 5. The van der Waals surface area contributed by atoms with Gasteiger partial charge in [0.1, 0.15) is 0 Å². The minimum Gasteiger partial charge on any atom is -0.502 e. The molecule has 1 aliphatic carbocycles. The number of nitro groups is 1. The number of aromatic hydroxyl groups is 1. The second-order valence-corrected chi connectivity index (χ2v) is 5.99. The molecule has 2 aliphatic rings. The van der Waals surface area contributed by atoms with Crippen molar-refractivity contribution in [3.63, 3.8) is 0 Å². The molecule has 0 aromatic heterocycles. The van der Waals surface area contributed by atoms with Gasteiger partial charge in [0.05, 0.1) is 4.92 Å². The van der Waals surface area contributed by atoms with E-state index in [0.29, 0.717) is 11.5 Å². The minimum atomic E-state index is -0.476. The minimum absolute atomic E-state index is 0. The van der Waals surface area contributed by atoms with E-state index in [1.165, 1.54) is 0 Å². The highest BCUT2D eigenvalue weighted by Gasteiger charge is 2.39. The summed E-state index contributed by atoms with van der Waals surface area (Å²) in [6, 6.07) is 3.72. The molecule has 1 atom stereocenters. The molecule has 1 saturated heterocycles. The van der Waals surface area contributed by atoms with Crippen LogP contribution in [0.25, 0.3) is 0 Å². The lowest BCUT2D eigenvalue weighted by molar-refractivity contribution is -0.386. The summed E-state index contributed by atoms with van der Waals surface area (Å²) < 4.78 is 0. The summed E-state index contributed by atoms with van der Waals surface area (Å²) in [5, 5.41) is 25.0. The third-order valence-electron chi connectivity index (χ3n) is 4.50. The molecule has 1 aliphatic heterocycles.